The van der Waals surface area contributed by atoms with Gasteiger partial charge in [0.25, 0.3) is 5.91 Å². The maximum Gasteiger partial charge on any atom is 0.260 e. The highest BCUT2D eigenvalue weighted by atomic mass is 16.5. The van der Waals surface area contributed by atoms with Crippen molar-refractivity contribution in [3.8, 4) is 5.75 Å². The fourth-order valence-corrected chi connectivity index (χ4v) is 9.24. The SMILES string of the molecule is O=C(COc1ccccc1)N1CCC2(CC1)N[C@@H](Cc1ccccc1)C(=O)N2Cc1ccccc1.O=C1[C@H](Cc2ccccc2)NC2(CCNCC2)N1Cc1ccccc1. The van der Waals surface area contributed by atoms with Crippen LogP contribution in [0.4, 0.5) is 0 Å². The summed E-state index contributed by atoms with van der Waals surface area (Å²) in [7, 11) is 0. The molecular formula is C50H56N6O4. The first-order valence-corrected chi connectivity index (χ1v) is 21.4. The lowest BCUT2D eigenvalue weighted by molar-refractivity contribution is -0.139. The van der Waals surface area contributed by atoms with Gasteiger partial charge in [0, 0.05) is 39.0 Å². The Hall–Kier alpha value is -5.81. The first kappa shape index (κ1) is 40.9. The average molecular weight is 805 g/mol. The van der Waals surface area contributed by atoms with E-state index in [2.05, 4.69) is 69.4 Å². The maximum atomic E-state index is 13.6. The van der Waals surface area contributed by atoms with Gasteiger partial charge in [0.15, 0.2) is 6.61 Å². The molecule has 4 aliphatic rings. The smallest absolute Gasteiger partial charge is 0.260 e. The Bertz CT molecular complexity index is 2140. The molecule has 0 radical (unpaired) electrons. The molecule has 0 unspecified atom stereocenters. The maximum absolute atomic E-state index is 13.6. The second kappa shape index (κ2) is 19.1. The summed E-state index contributed by atoms with van der Waals surface area (Å²) in [4.78, 5) is 45.6. The molecule has 10 heteroatoms. The Morgan fingerprint density at radius 2 is 0.917 bits per heavy atom. The summed E-state index contributed by atoms with van der Waals surface area (Å²) in [5.74, 6) is 1.03. The van der Waals surface area contributed by atoms with Gasteiger partial charge in [0.1, 0.15) is 5.75 Å². The number of para-hydroxylation sites is 1. The standard InChI is InChI=1S/C29H31N3O3.C21H25N3O/c33-27(22-35-25-14-8-3-9-15-25)31-18-16-29(17-19-31)30-26(20-23-10-4-1-5-11-23)28(34)32(29)21-24-12-6-2-7-13-24;25-20-19(15-17-7-3-1-4-8-17)23-21(11-13-22-14-12-21)24(20)16-18-9-5-2-6-10-18/h1-15,26,30H,16-22H2;1-10,19,22-23H,11-16H2/t26-;19-/m00/s1. The number of piperidine rings is 2. The number of carbonyl (C=O) groups excluding carboxylic acids is 3. The molecule has 60 heavy (non-hydrogen) atoms. The van der Waals surface area contributed by atoms with E-state index in [0.29, 0.717) is 51.2 Å². The third kappa shape index (κ3) is 9.63. The fourth-order valence-electron chi connectivity index (χ4n) is 9.24. The third-order valence-electron chi connectivity index (χ3n) is 12.5. The van der Waals surface area contributed by atoms with Crippen molar-refractivity contribution < 1.29 is 19.1 Å². The van der Waals surface area contributed by atoms with Crippen LogP contribution in [0.15, 0.2) is 152 Å². The van der Waals surface area contributed by atoms with Crippen molar-refractivity contribution >= 4 is 17.7 Å². The van der Waals surface area contributed by atoms with Gasteiger partial charge in [-0.1, -0.05) is 140 Å². The molecule has 2 atom stereocenters. The Morgan fingerprint density at radius 1 is 0.533 bits per heavy atom. The zero-order valence-corrected chi connectivity index (χ0v) is 34.3. The summed E-state index contributed by atoms with van der Waals surface area (Å²) < 4.78 is 5.67. The van der Waals surface area contributed by atoms with Crippen LogP contribution in [0.25, 0.3) is 0 Å². The Balaban J connectivity index is 0.000000176. The summed E-state index contributed by atoms with van der Waals surface area (Å²) in [6, 6.07) is 49.8. The number of rotatable bonds is 11. The van der Waals surface area contributed by atoms with Crippen LogP contribution in [-0.4, -0.2) is 88.6 Å². The first-order valence-electron chi connectivity index (χ1n) is 21.4. The Kier molecular flexibility index (Phi) is 13.0. The van der Waals surface area contributed by atoms with Crippen LogP contribution >= 0.6 is 0 Å². The zero-order valence-electron chi connectivity index (χ0n) is 34.3. The predicted molar refractivity (Wildman–Crippen MR) is 233 cm³/mol. The second-order valence-electron chi connectivity index (χ2n) is 16.4. The van der Waals surface area contributed by atoms with Crippen molar-refractivity contribution in [1.82, 2.24) is 30.7 Å². The van der Waals surface area contributed by atoms with Crippen molar-refractivity contribution in [2.45, 2.75) is 75.0 Å². The van der Waals surface area contributed by atoms with Crippen molar-refractivity contribution in [2.24, 2.45) is 0 Å². The van der Waals surface area contributed by atoms with Gasteiger partial charge in [0.2, 0.25) is 11.8 Å². The van der Waals surface area contributed by atoms with E-state index >= 15 is 0 Å². The quantitative estimate of drug-likeness (QED) is 0.152. The predicted octanol–water partition coefficient (Wildman–Crippen LogP) is 5.94. The van der Waals surface area contributed by atoms with Crippen LogP contribution in [0.5, 0.6) is 5.75 Å². The van der Waals surface area contributed by atoms with Gasteiger partial charge < -0.3 is 24.8 Å². The summed E-state index contributed by atoms with van der Waals surface area (Å²) in [6.45, 7) is 4.32. The topological polar surface area (TPSA) is 106 Å². The van der Waals surface area contributed by atoms with E-state index < -0.39 is 5.66 Å². The van der Waals surface area contributed by atoms with Crippen LogP contribution in [0.3, 0.4) is 0 Å². The molecule has 5 aromatic carbocycles. The number of carbonyl (C=O) groups is 3. The van der Waals surface area contributed by atoms with Gasteiger partial charge in [0.05, 0.1) is 23.4 Å². The number of nitrogens with zero attached hydrogens (tertiary/aromatic N) is 3. The zero-order chi connectivity index (χ0) is 41.2. The van der Waals surface area contributed by atoms with Gasteiger partial charge >= 0.3 is 0 Å². The molecule has 4 heterocycles. The number of hydrogen-bond acceptors (Lipinski definition) is 7. The largest absolute Gasteiger partial charge is 0.484 e. The van der Waals surface area contributed by atoms with E-state index in [1.54, 1.807) is 0 Å². The molecular weight excluding hydrogens is 749 g/mol. The molecule has 3 N–H and O–H groups in total. The molecule has 3 amide bonds. The lowest BCUT2D eigenvalue weighted by Crippen LogP contribution is -2.59. The number of hydrogen-bond donors (Lipinski definition) is 3. The third-order valence-corrected chi connectivity index (χ3v) is 12.5. The lowest BCUT2D eigenvalue weighted by atomic mass is 9.95. The van der Waals surface area contributed by atoms with Crippen LogP contribution in [0.1, 0.15) is 47.9 Å². The van der Waals surface area contributed by atoms with E-state index in [1.165, 1.54) is 11.1 Å². The molecule has 10 nitrogen and oxygen atoms in total. The van der Waals surface area contributed by atoms with Crippen molar-refractivity contribution in [3.63, 3.8) is 0 Å². The summed E-state index contributed by atoms with van der Waals surface area (Å²) >= 11 is 0. The minimum atomic E-state index is -0.455. The van der Waals surface area contributed by atoms with Crippen molar-refractivity contribution in [3.05, 3.63) is 174 Å². The molecule has 4 aliphatic heterocycles. The molecule has 0 aliphatic carbocycles. The minimum Gasteiger partial charge on any atom is -0.484 e. The number of ether oxygens (including phenoxy) is 1. The first-order chi connectivity index (χ1) is 29.4. The Labute approximate surface area is 353 Å². The summed E-state index contributed by atoms with van der Waals surface area (Å²) in [6.07, 6.45) is 4.69. The normalized spacial score (nSPS) is 20.6. The summed E-state index contributed by atoms with van der Waals surface area (Å²) in [5.41, 5.74) is 3.98. The fraction of sp³-hybridized carbons (Fsp3) is 0.340. The lowest BCUT2D eigenvalue weighted by Gasteiger charge is -2.44. The number of benzene rings is 5. The number of amides is 3. The number of nitrogens with one attached hydrogen (secondary N) is 3. The second-order valence-corrected chi connectivity index (χ2v) is 16.4. The molecule has 0 aromatic heterocycles. The van der Waals surface area contributed by atoms with E-state index in [0.717, 1.165) is 43.5 Å². The molecule has 0 saturated carbocycles. The average Bonchev–Trinajstić information content (AvgIpc) is 3.68. The van der Waals surface area contributed by atoms with Gasteiger partial charge in [-0.05, 0) is 73.2 Å². The van der Waals surface area contributed by atoms with E-state index in [4.69, 9.17) is 4.74 Å². The van der Waals surface area contributed by atoms with Crippen LogP contribution in [0.2, 0.25) is 0 Å². The highest BCUT2D eigenvalue weighted by Gasteiger charge is 2.52. The molecule has 0 bridgehead atoms. The van der Waals surface area contributed by atoms with E-state index in [9.17, 15) is 14.4 Å². The van der Waals surface area contributed by atoms with E-state index in [1.807, 2.05) is 113 Å². The van der Waals surface area contributed by atoms with Gasteiger partial charge in [-0.2, -0.15) is 0 Å². The molecule has 5 aromatic rings. The molecule has 2 spiro atoms. The molecule has 9 rings (SSSR count). The Morgan fingerprint density at radius 3 is 1.35 bits per heavy atom. The molecule has 310 valence electrons. The van der Waals surface area contributed by atoms with Crippen LogP contribution in [0, 0.1) is 0 Å². The highest BCUT2D eigenvalue weighted by molar-refractivity contribution is 5.86. The van der Waals surface area contributed by atoms with Gasteiger partial charge in [-0.25, -0.2) is 0 Å². The monoisotopic (exact) mass is 804 g/mol. The highest BCUT2D eigenvalue weighted by Crippen LogP contribution is 2.35. The summed E-state index contributed by atoms with van der Waals surface area (Å²) in [5, 5.41) is 10.8. The van der Waals surface area contributed by atoms with Crippen LogP contribution < -0.4 is 20.7 Å². The van der Waals surface area contributed by atoms with Gasteiger partial charge in [-0.15, -0.1) is 0 Å². The molecule has 4 fully saturated rings. The van der Waals surface area contributed by atoms with Gasteiger partial charge in [-0.3, -0.25) is 25.0 Å². The molecule has 4 saturated heterocycles. The van der Waals surface area contributed by atoms with E-state index in [-0.39, 0.29) is 42.1 Å². The van der Waals surface area contributed by atoms with Crippen molar-refractivity contribution in [2.75, 3.05) is 32.8 Å². The van der Waals surface area contributed by atoms with Crippen LogP contribution in [-0.2, 0) is 40.3 Å². The number of likely N-dealkylation sites (tertiary alicyclic amines) is 1. The van der Waals surface area contributed by atoms with Crippen molar-refractivity contribution in [1.29, 1.82) is 0 Å². The minimum absolute atomic E-state index is 0.0216.